The van der Waals surface area contributed by atoms with E-state index in [-0.39, 0.29) is 4.90 Å². The average molecular weight is 309 g/mol. The highest BCUT2D eigenvalue weighted by Crippen LogP contribution is 2.25. The number of benzene rings is 1. The van der Waals surface area contributed by atoms with Crippen molar-refractivity contribution in [1.29, 1.82) is 0 Å². The highest BCUT2D eigenvalue weighted by atomic mass is 32.2. The molecule has 0 aliphatic heterocycles. The maximum Gasteiger partial charge on any atom is 0.242 e. The largest absolute Gasteiger partial charge is 0.397 e. The molecule has 0 unspecified atom stereocenters. The molecule has 0 aliphatic rings. The van der Waals surface area contributed by atoms with Gasteiger partial charge in [0.15, 0.2) is 0 Å². The summed E-state index contributed by atoms with van der Waals surface area (Å²) in [6.07, 6.45) is 2.68. The van der Waals surface area contributed by atoms with E-state index in [0.717, 1.165) is 11.4 Å². The first-order valence-corrected chi connectivity index (χ1v) is 8.09. The van der Waals surface area contributed by atoms with Crippen LogP contribution in [0.2, 0.25) is 0 Å². The van der Waals surface area contributed by atoms with E-state index in [1.807, 2.05) is 6.07 Å². The van der Waals surface area contributed by atoms with Crippen LogP contribution in [0.1, 0.15) is 23.4 Å². The first-order valence-electron chi connectivity index (χ1n) is 6.61. The van der Waals surface area contributed by atoms with Crippen molar-refractivity contribution in [2.75, 3.05) is 12.3 Å². The number of nitrogens with two attached hydrogens (primary N) is 1. The number of anilines is 1. The van der Waals surface area contributed by atoms with Gasteiger partial charge in [0.2, 0.25) is 10.0 Å². The van der Waals surface area contributed by atoms with E-state index in [0.29, 0.717) is 30.6 Å². The van der Waals surface area contributed by atoms with Gasteiger partial charge in [-0.25, -0.2) is 18.1 Å². The van der Waals surface area contributed by atoms with Crippen molar-refractivity contribution in [2.24, 2.45) is 0 Å². The van der Waals surface area contributed by atoms with Crippen molar-refractivity contribution in [1.82, 2.24) is 19.9 Å². The smallest absolute Gasteiger partial charge is 0.242 e. The van der Waals surface area contributed by atoms with Crippen molar-refractivity contribution in [2.45, 2.75) is 31.6 Å². The van der Waals surface area contributed by atoms with Crippen LogP contribution in [0, 0.1) is 13.8 Å². The fourth-order valence-corrected chi connectivity index (χ4v) is 3.55. The molecule has 114 valence electrons. The Morgan fingerprint density at radius 3 is 2.67 bits per heavy atom. The average Bonchev–Trinajstić information content (AvgIpc) is 2.92. The molecule has 0 amide bonds. The summed E-state index contributed by atoms with van der Waals surface area (Å²) < 4.78 is 27.3. The second kappa shape index (κ2) is 6.23. The van der Waals surface area contributed by atoms with Crippen LogP contribution in [-0.4, -0.2) is 30.1 Å². The van der Waals surface area contributed by atoms with Crippen molar-refractivity contribution >= 4 is 15.7 Å². The Morgan fingerprint density at radius 2 is 2.00 bits per heavy atom. The van der Waals surface area contributed by atoms with Gasteiger partial charge in [0.05, 0.1) is 5.69 Å². The van der Waals surface area contributed by atoms with Crippen LogP contribution in [0.25, 0.3) is 0 Å². The Kier molecular flexibility index (Phi) is 4.59. The molecular weight excluding hydrogens is 290 g/mol. The third-order valence-electron chi connectivity index (χ3n) is 3.23. The normalized spacial score (nSPS) is 11.7. The van der Waals surface area contributed by atoms with Crippen molar-refractivity contribution in [3.63, 3.8) is 0 Å². The summed E-state index contributed by atoms with van der Waals surface area (Å²) in [5.74, 6) is 0.737. The van der Waals surface area contributed by atoms with Gasteiger partial charge in [0, 0.05) is 13.0 Å². The van der Waals surface area contributed by atoms with Crippen LogP contribution in [0.15, 0.2) is 23.4 Å². The van der Waals surface area contributed by atoms with Gasteiger partial charge in [-0.1, -0.05) is 12.1 Å². The molecule has 0 bridgehead atoms. The number of H-pyrrole nitrogens is 1. The Bertz CT molecular complexity index is 710. The molecule has 0 radical (unpaired) electrons. The number of sulfonamides is 1. The molecule has 0 fully saturated rings. The fraction of sp³-hybridized carbons (Fsp3) is 0.385. The van der Waals surface area contributed by atoms with Crippen LogP contribution in [0.3, 0.4) is 0 Å². The van der Waals surface area contributed by atoms with Gasteiger partial charge in [-0.05, 0) is 31.4 Å². The summed E-state index contributed by atoms with van der Waals surface area (Å²) in [5.41, 5.74) is 7.60. The molecule has 0 saturated carbocycles. The summed E-state index contributed by atoms with van der Waals surface area (Å²) in [4.78, 5) is 4.15. The molecule has 7 nitrogen and oxygen atoms in total. The van der Waals surface area contributed by atoms with E-state index in [1.165, 1.54) is 6.33 Å². The molecule has 0 saturated heterocycles. The van der Waals surface area contributed by atoms with Gasteiger partial charge in [-0.2, -0.15) is 5.10 Å². The van der Waals surface area contributed by atoms with E-state index < -0.39 is 10.0 Å². The zero-order valence-corrected chi connectivity index (χ0v) is 12.9. The maximum absolute atomic E-state index is 12.4. The number of hydrogen-bond acceptors (Lipinski definition) is 5. The number of rotatable bonds is 6. The number of aryl methyl sites for hydroxylation is 3. The Hall–Kier alpha value is -1.93. The summed E-state index contributed by atoms with van der Waals surface area (Å²) >= 11 is 0. The van der Waals surface area contributed by atoms with Gasteiger partial charge in [0.25, 0.3) is 0 Å². The molecular formula is C13H19N5O2S. The van der Waals surface area contributed by atoms with Crippen LogP contribution in [0.4, 0.5) is 5.69 Å². The molecule has 1 aromatic carbocycles. The Balaban J connectivity index is 2.04. The van der Waals surface area contributed by atoms with Crippen LogP contribution in [-0.2, 0) is 16.4 Å². The number of aromatic nitrogens is 3. The number of nitrogens with zero attached hydrogens (tertiary/aromatic N) is 2. The Morgan fingerprint density at radius 1 is 1.29 bits per heavy atom. The van der Waals surface area contributed by atoms with E-state index in [4.69, 9.17) is 5.73 Å². The zero-order valence-electron chi connectivity index (χ0n) is 12.0. The summed E-state index contributed by atoms with van der Waals surface area (Å²) in [6.45, 7) is 3.84. The van der Waals surface area contributed by atoms with Crippen molar-refractivity contribution < 1.29 is 8.42 Å². The van der Waals surface area contributed by atoms with Crippen LogP contribution in [0.5, 0.6) is 0 Å². The molecule has 2 rings (SSSR count). The van der Waals surface area contributed by atoms with Gasteiger partial charge in [-0.15, -0.1) is 0 Å². The number of nitrogens with one attached hydrogen (secondary N) is 2. The van der Waals surface area contributed by atoms with Crippen LogP contribution < -0.4 is 10.5 Å². The number of aromatic amines is 1. The maximum atomic E-state index is 12.4. The number of nitrogen functional groups attached to an aromatic ring is 1. The minimum atomic E-state index is -3.61. The lowest BCUT2D eigenvalue weighted by atomic mass is 10.1. The van der Waals surface area contributed by atoms with E-state index in [2.05, 4.69) is 19.9 Å². The van der Waals surface area contributed by atoms with E-state index in [9.17, 15) is 8.42 Å². The minimum absolute atomic E-state index is 0.169. The molecule has 4 N–H and O–H groups in total. The summed E-state index contributed by atoms with van der Waals surface area (Å²) in [7, 11) is -3.61. The van der Waals surface area contributed by atoms with Crippen molar-refractivity contribution in [3.8, 4) is 0 Å². The van der Waals surface area contributed by atoms with Gasteiger partial charge in [0.1, 0.15) is 17.0 Å². The molecule has 0 spiro atoms. The third kappa shape index (κ3) is 3.59. The van der Waals surface area contributed by atoms with E-state index in [1.54, 1.807) is 19.9 Å². The second-order valence-electron chi connectivity index (χ2n) is 4.88. The molecule has 2 aromatic rings. The lowest BCUT2D eigenvalue weighted by Gasteiger charge is -2.13. The van der Waals surface area contributed by atoms with Gasteiger partial charge < -0.3 is 5.73 Å². The van der Waals surface area contributed by atoms with Crippen LogP contribution >= 0.6 is 0 Å². The first-order chi connectivity index (χ1) is 9.92. The molecule has 1 heterocycles. The highest BCUT2D eigenvalue weighted by Gasteiger charge is 2.20. The second-order valence-corrected chi connectivity index (χ2v) is 6.58. The quantitative estimate of drug-likeness (QED) is 0.542. The SMILES string of the molecule is Cc1ccc(C)c(S(=O)(=O)NCCCc2ncn[nH]2)c1N. The molecule has 21 heavy (non-hydrogen) atoms. The highest BCUT2D eigenvalue weighted by molar-refractivity contribution is 7.89. The minimum Gasteiger partial charge on any atom is -0.397 e. The van der Waals surface area contributed by atoms with E-state index >= 15 is 0 Å². The standard InChI is InChI=1S/C13H19N5O2S/c1-9-5-6-10(2)13(12(9)14)21(19,20)17-7-3-4-11-15-8-16-18-11/h5-6,8,17H,3-4,7,14H2,1-2H3,(H,15,16,18). The topological polar surface area (TPSA) is 114 Å². The Labute approximate surface area is 124 Å². The van der Waals surface area contributed by atoms with Gasteiger partial charge in [-0.3, -0.25) is 5.10 Å². The fourth-order valence-electron chi connectivity index (χ4n) is 2.05. The lowest BCUT2D eigenvalue weighted by molar-refractivity contribution is 0.578. The molecule has 0 aliphatic carbocycles. The molecule has 0 atom stereocenters. The zero-order chi connectivity index (χ0) is 15.5. The summed E-state index contributed by atoms with van der Waals surface area (Å²) in [6, 6.07) is 3.57. The summed E-state index contributed by atoms with van der Waals surface area (Å²) in [5, 5.41) is 6.47. The predicted octanol–water partition coefficient (Wildman–Crippen LogP) is 0.915. The first kappa shape index (κ1) is 15.5. The predicted molar refractivity (Wildman–Crippen MR) is 80.2 cm³/mol. The lowest BCUT2D eigenvalue weighted by Crippen LogP contribution is -2.27. The molecule has 8 heteroatoms. The van der Waals surface area contributed by atoms with Gasteiger partial charge >= 0.3 is 0 Å². The molecule has 1 aromatic heterocycles. The third-order valence-corrected chi connectivity index (χ3v) is 4.89. The monoisotopic (exact) mass is 309 g/mol. The van der Waals surface area contributed by atoms with Crippen molar-refractivity contribution in [3.05, 3.63) is 35.4 Å². The number of hydrogen-bond donors (Lipinski definition) is 3.